The number of aromatic carboxylic acids is 1. The van der Waals surface area contributed by atoms with E-state index in [0.717, 1.165) is 6.07 Å². The first-order valence-corrected chi connectivity index (χ1v) is 5.19. The Morgan fingerprint density at radius 2 is 2.24 bits per heavy atom. The Morgan fingerprint density at radius 1 is 1.47 bits per heavy atom. The Morgan fingerprint density at radius 3 is 2.88 bits per heavy atom. The average Bonchev–Trinajstić information content (AvgIpc) is 2.75. The van der Waals surface area contributed by atoms with Crippen LogP contribution in [-0.2, 0) is 6.54 Å². The van der Waals surface area contributed by atoms with Crippen molar-refractivity contribution in [3.63, 3.8) is 0 Å². The smallest absolute Gasteiger partial charge is 0.339 e. The highest BCUT2D eigenvalue weighted by molar-refractivity contribution is 5.95. The standard InChI is InChI=1S/C12H11FN2O2/c1-2-15-10(6-7-14-15)8-4-3-5-9(13)11(8)12(16)17/h3-7H,2H2,1H3,(H,16,17). The maximum absolute atomic E-state index is 13.5. The molecule has 1 aromatic heterocycles. The van der Waals surface area contributed by atoms with Crippen LogP contribution in [0.4, 0.5) is 4.39 Å². The van der Waals surface area contributed by atoms with E-state index in [4.69, 9.17) is 5.11 Å². The van der Waals surface area contributed by atoms with Crippen LogP contribution >= 0.6 is 0 Å². The molecule has 0 saturated carbocycles. The minimum atomic E-state index is -1.28. The van der Waals surface area contributed by atoms with E-state index in [1.54, 1.807) is 23.0 Å². The number of carboxylic acid groups (broad SMARTS) is 1. The molecule has 1 heterocycles. The zero-order valence-corrected chi connectivity index (χ0v) is 9.22. The van der Waals surface area contributed by atoms with Crippen LogP contribution in [0.3, 0.4) is 0 Å². The minimum Gasteiger partial charge on any atom is -0.478 e. The van der Waals surface area contributed by atoms with E-state index in [1.807, 2.05) is 6.92 Å². The molecule has 4 nitrogen and oxygen atoms in total. The van der Waals surface area contributed by atoms with E-state index < -0.39 is 11.8 Å². The number of hydrogen-bond acceptors (Lipinski definition) is 2. The van der Waals surface area contributed by atoms with Crippen LogP contribution in [0.2, 0.25) is 0 Å². The molecule has 0 saturated heterocycles. The first-order valence-electron chi connectivity index (χ1n) is 5.19. The van der Waals surface area contributed by atoms with E-state index >= 15 is 0 Å². The van der Waals surface area contributed by atoms with Gasteiger partial charge in [-0.25, -0.2) is 9.18 Å². The lowest BCUT2D eigenvalue weighted by Gasteiger charge is -2.08. The van der Waals surface area contributed by atoms with Crippen molar-refractivity contribution in [3.05, 3.63) is 41.8 Å². The van der Waals surface area contributed by atoms with Crippen LogP contribution in [-0.4, -0.2) is 20.9 Å². The van der Waals surface area contributed by atoms with Gasteiger partial charge in [-0.2, -0.15) is 5.10 Å². The van der Waals surface area contributed by atoms with Gasteiger partial charge < -0.3 is 5.11 Å². The summed E-state index contributed by atoms with van der Waals surface area (Å²) in [6.45, 7) is 2.48. The van der Waals surface area contributed by atoms with Gasteiger partial charge in [-0.15, -0.1) is 0 Å². The Balaban J connectivity index is 2.67. The normalized spacial score (nSPS) is 10.5. The number of nitrogens with zero attached hydrogens (tertiary/aromatic N) is 2. The molecule has 1 aromatic carbocycles. The quantitative estimate of drug-likeness (QED) is 0.887. The number of aryl methyl sites for hydroxylation is 1. The summed E-state index contributed by atoms with van der Waals surface area (Å²) >= 11 is 0. The van der Waals surface area contributed by atoms with Gasteiger partial charge in [0.2, 0.25) is 0 Å². The molecule has 88 valence electrons. The molecule has 0 atom stereocenters. The molecular formula is C12H11FN2O2. The highest BCUT2D eigenvalue weighted by Crippen LogP contribution is 2.25. The van der Waals surface area contributed by atoms with Gasteiger partial charge in [0.1, 0.15) is 11.4 Å². The fourth-order valence-electron chi connectivity index (χ4n) is 1.77. The molecule has 1 N–H and O–H groups in total. The summed E-state index contributed by atoms with van der Waals surface area (Å²) in [5, 5.41) is 13.1. The second-order valence-corrected chi connectivity index (χ2v) is 3.50. The van der Waals surface area contributed by atoms with Gasteiger partial charge in [-0.1, -0.05) is 12.1 Å². The molecule has 0 spiro atoms. The molecule has 0 unspecified atom stereocenters. The Bertz CT molecular complexity index is 563. The SMILES string of the molecule is CCn1nccc1-c1cccc(F)c1C(=O)O. The zero-order chi connectivity index (χ0) is 12.4. The van der Waals surface area contributed by atoms with Crippen molar-refractivity contribution in [2.75, 3.05) is 0 Å². The van der Waals surface area contributed by atoms with E-state index in [2.05, 4.69) is 5.10 Å². The van der Waals surface area contributed by atoms with Crippen LogP contribution in [0.1, 0.15) is 17.3 Å². The predicted molar refractivity (Wildman–Crippen MR) is 60.3 cm³/mol. The Kier molecular flexibility index (Phi) is 2.91. The monoisotopic (exact) mass is 234 g/mol. The second kappa shape index (κ2) is 4.37. The predicted octanol–water partition coefficient (Wildman–Crippen LogP) is 2.41. The second-order valence-electron chi connectivity index (χ2n) is 3.50. The van der Waals surface area contributed by atoms with Gasteiger partial charge in [0.15, 0.2) is 0 Å². The topological polar surface area (TPSA) is 55.1 Å². The summed E-state index contributed by atoms with van der Waals surface area (Å²) in [6.07, 6.45) is 1.56. The van der Waals surface area contributed by atoms with Crippen LogP contribution in [0.5, 0.6) is 0 Å². The van der Waals surface area contributed by atoms with Gasteiger partial charge in [-0.3, -0.25) is 4.68 Å². The molecule has 0 radical (unpaired) electrons. The Hall–Kier alpha value is -2.17. The van der Waals surface area contributed by atoms with Gasteiger partial charge >= 0.3 is 5.97 Å². The molecule has 0 bridgehead atoms. The number of halogens is 1. The van der Waals surface area contributed by atoms with Crippen LogP contribution in [0.25, 0.3) is 11.3 Å². The summed E-state index contributed by atoms with van der Waals surface area (Å²) < 4.78 is 15.1. The van der Waals surface area contributed by atoms with Crippen LogP contribution in [0, 0.1) is 5.82 Å². The zero-order valence-electron chi connectivity index (χ0n) is 9.22. The summed E-state index contributed by atoms with van der Waals surface area (Å²) in [5.41, 5.74) is 0.629. The summed E-state index contributed by atoms with van der Waals surface area (Å²) in [5.74, 6) is -2.01. The van der Waals surface area contributed by atoms with Gasteiger partial charge in [0.05, 0.1) is 5.69 Å². The highest BCUT2D eigenvalue weighted by atomic mass is 19.1. The molecule has 2 rings (SSSR count). The van der Waals surface area contributed by atoms with E-state index in [9.17, 15) is 9.18 Å². The summed E-state index contributed by atoms with van der Waals surface area (Å²) in [7, 11) is 0. The third-order valence-electron chi connectivity index (χ3n) is 2.52. The molecule has 17 heavy (non-hydrogen) atoms. The summed E-state index contributed by atoms with van der Waals surface area (Å²) in [4.78, 5) is 11.1. The lowest BCUT2D eigenvalue weighted by atomic mass is 10.0. The van der Waals surface area contributed by atoms with Crippen molar-refractivity contribution in [1.29, 1.82) is 0 Å². The van der Waals surface area contributed by atoms with Crippen molar-refractivity contribution in [1.82, 2.24) is 9.78 Å². The van der Waals surface area contributed by atoms with Gasteiger partial charge in [0, 0.05) is 18.3 Å². The molecule has 0 aliphatic carbocycles. The molecule has 2 aromatic rings. The minimum absolute atomic E-state index is 0.317. The molecule has 0 aliphatic heterocycles. The van der Waals surface area contributed by atoms with Crippen molar-refractivity contribution in [3.8, 4) is 11.3 Å². The lowest BCUT2D eigenvalue weighted by molar-refractivity contribution is 0.0693. The van der Waals surface area contributed by atoms with Crippen molar-refractivity contribution >= 4 is 5.97 Å². The first-order chi connectivity index (χ1) is 8.15. The third-order valence-corrected chi connectivity index (χ3v) is 2.52. The van der Waals surface area contributed by atoms with Crippen molar-refractivity contribution in [2.45, 2.75) is 13.5 Å². The largest absolute Gasteiger partial charge is 0.478 e. The maximum atomic E-state index is 13.5. The maximum Gasteiger partial charge on any atom is 0.339 e. The van der Waals surface area contributed by atoms with Crippen LogP contribution < -0.4 is 0 Å². The van der Waals surface area contributed by atoms with Gasteiger partial charge in [-0.05, 0) is 19.1 Å². The van der Waals surface area contributed by atoms with Crippen molar-refractivity contribution < 1.29 is 14.3 Å². The molecule has 0 aliphatic rings. The molecular weight excluding hydrogens is 223 g/mol. The number of aromatic nitrogens is 2. The lowest BCUT2D eigenvalue weighted by Crippen LogP contribution is -2.06. The molecule has 0 amide bonds. The fourth-order valence-corrected chi connectivity index (χ4v) is 1.77. The number of rotatable bonds is 3. The van der Waals surface area contributed by atoms with Gasteiger partial charge in [0.25, 0.3) is 0 Å². The molecule has 5 heteroatoms. The van der Waals surface area contributed by atoms with Crippen molar-refractivity contribution in [2.24, 2.45) is 0 Å². The van der Waals surface area contributed by atoms with E-state index in [-0.39, 0.29) is 5.56 Å². The highest BCUT2D eigenvalue weighted by Gasteiger charge is 2.18. The Labute approximate surface area is 97.3 Å². The van der Waals surface area contributed by atoms with E-state index in [1.165, 1.54) is 6.07 Å². The number of hydrogen-bond donors (Lipinski definition) is 1. The average molecular weight is 234 g/mol. The molecule has 0 fully saturated rings. The number of carbonyl (C=O) groups is 1. The van der Waals surface area contributed by atoms with E-state index in [0.29, 0.717) is 17.8 Å². The van der Waals surface area contributed by atoms with Crippen LogP contribution in [0.15, 0.2) is 30.5 Å². The summed E-state index contributed by atoms with van der Waals surface area (Å²) in [6, 6.07) is 5.88. The third kappa shape index (κ3) is 1.91. The number of benzene rings is 1. The number of carboxylic acids is 1. The fraction of sp³-hybridized carbons (Fsp3) is 0.167. The first kappa shape index (κ1) is 11.3.